The second kappa shape index (κ2) is 15.0. The number of rotatable bonds is 4. The average molecular weight is 937 g/mol. The van der Waals surface area contributed by atoms with E-state index in [1.807, 2.05) is 0 Å². The van der Waals surface area contributed by atoms with E-state index < -0.39 is 0 Å². The molecule has 0 spiro atoms. The van der Waals surface area contributed by atoms with E-state index >= 15 is 0 Å². The predicted molar refractivity (Wildman–Crippen MR) is 315 cm³/mol. The number of hydrogen-bond donors (Lipinski definition) is 0. The Hall–Kier alpha value is -9.50. The van der Waals surface area contributed by atoms with Crippen LogP contribution < -0.4 is 9.80 Å². The minimum Gasteiger partial charge on any atom is -0.310 e. The maximum atomic E-state index is 2.52. The van der Waals surface area contributed by atoms with Gasteiger partial charge in [-0.3, -0.25) is 0 Å². The van der Waals surface area contributed by atoms with E-state index in [0.717, 1.165) is 24.2 Å². The average Bonchev–Trinajstić information content (AvgIpc) is 3.46. The number of benzene rings is 15. The normalized spacial score (nSPS) is 13.2. The highest BCUT2D eigenvalue weighted by Gasteiger charge is 2.29. The molecule has 0 radical (unpaired) electrons. The Balaban J connectivity index is 1.05. The number of nitrogens with zero attached hydrogens (tertiary/aromatic N) is 2. The fourth-order valence-electron chi connectivity index (χ4n) is 13.7. The third kappa shape index (κ3) is 5.54. The van der Waals surface area contributed by atoms with Crippen molar-refractivity contribution in [3.05, 3.63) is 265 Å². The lowest BCUT2D eigenvalue weighted by Gasteiger charge is -2.34. The highest BCUT2D eigenvalue weighted by molar-refractivity contribution is 6.32. The Bertz CT molecular complexity index is 4440. The smallest absolute Gasteiger partial charge is 0.0497 e. The first-order valence-corrected chi connectivity index (χ1v) is 26.0. The monoisotopic (exact) mass is 936 g/mol. The minimum absolute atomic E-state index is 0.905. The molecule has 17 rings (SSSR count). The third-order valence-corrected chi connectivity index (χ3v) is 16.9. The van der Waals surface area contributed by atoms with Crippen molar-refractivity contribution < 1.29 is 0 Å². The van der Waals surface area contributed by atoms with Gasteiger partial charge in [-0.15, -0.1) is 0 Å². The fourth-order valence-corrected chi connectivity index (χ4v) is 13.7. The topological polar surface area (TPSA) is 6.48 Å². The van der Waals surface area contributed by atoms with Crippen molar-refractivity contribution in [3.8, 4) is 22.3 Å². The first-order valence-electron chi connectivity index (χ1n) is 26.0. The first-order chi connectivity index (χ1) is 36.7. The minimum atomic E-state index is 0.905. The van der Waals surface area contributed by atoms with Gasteiger partial charge >= 0.3 is 0 Å². The maximum Gasteiger partial charge on any atom is 0.0497 e. The van der Waals surface area contributed by atoms with Crippen molar-refractivity contribution in [2.75, 3.05) is 9.80 Å². The fraction of sp³-hybridized carbons (Fsp3) is 0.0278. The summed E-state index contributed by atoms with van der Waals surface area (Å²) < 4.78 is 0. The largest absolute Gasteiger partial charge is 0.310 e. The molecule has 0 aliphatic carbocycles. The van der Waals surface area contributed by atoms with Crippen molar-refractivity contribution in [2.24, 2.45) is 0 Å². The Morgan fingerprint density at radius 2 is 0.541 bits per heavy atom. The summed E-state index contributed by atoms with van der Waals surface area (Å²) in [4.78, 5) is 5.02. The van der Waals surface area contributed by atoms with Gasteiger partial charge < -0.3 is 9.80 Å². The lowest BCUT2D eigenvalue weighted by molar-refractivity contribution is 1.09. The molecule has 2 aliphatic heterocycles. The van der Waals surface area contributed by atoms with Gasteiger partial charge in [-0.2, -0.15) is 0 Å². The number of para-hydroxylation sites is 4. The van der Waals surface area contributed by atoms with Crippen LogP contribution in [0, 0.1) is 0 Å². The molecule has 0 saturated carbocycles. The highest BCUT2D eigenvalue weighted by Crippen LogP contribution is 2.54. The summed E-state index contributed by atoms with van der Waals surface area (Å²) in [5, 5.41) is 20.4. The maximum absolute atomic E-state index is 2.52. The Labute approximate surface area is 427 Å². The predicted octanol–water partition coefficient (Wildman–Crippen LogP) is 19.9. The summed E-state index contributed by atoms with van der Waals surface area (Å²) in [7, 11) is 0. The number of fused-ring (bicyclic) bond motifs is 6. The summed E-state index contributed by atoms with van der Waals surface area (Å²) in [6.45, 7) is 0. The van der Waals surface area contributed by atoms with E-state index in [4.69, 9.17) is 0 Å². The molecule has 0 fully saturated rings. The van der Waals surface area contributed by atoms with Gasteiger partial charge in [0.1, 0.15) is 0 Å². The summed E-state index contributed by atoms with van der Waals surface area (Å²) >= 11 is 0. The molecular formula is C72H44N2. The number of anilines is 6. The highest BCUT2D eigenvalue weighted by atomic mass is 15.2. The Kier molecular flexibility index (Phi) is 8.15. The van der Waals surface area contributed by atoms with Gasteiger partial charge in [0.05, 0.1) is 0 Å². The second-order valence-electron chi connectivity index (χ2n) is 20.7. The molecule has 15 aromatic carbocycles. The van der Waals surface area contributed by atoms with E-state index in [1.54, 1.807) is 0 Å². The van der Waals surface area contributed by atoms with E-state index in [9.17, 15) is 0 Å². The molecule has 0 atom stereocenters. The molecule has 0 saturated heterocycles. The van der Waals surface area contributed by atoms with Gasteiger partial charge in [-0.1, -0.05) is 194 Å². The molecule has 0 aromatic heterocycles. The number of hydrogen-bond acceptors (Lipinski definition) is 2. The molecule has 0 N–H and O–H groups in total. The van der Waals surface area contributed by atoms with Crippen LogP contribution >= 0.6 is 0 Å². The van der Waals surface area contributed by atoms with Crippen LogP contribution in [-0.4, -0.2) is 0 Å². The summed E-state index contributed by atoms with van der Waals surface area (Å²) in [5.41, 5.74) is 17.5. The van der Waals surface area contributed by atoms with Gasteiger partial charge in [0.2, 0.25) is 0 Å². The van der Waals surface area contributed by atoms with Crippen LogP contribution in [0.4, 0.5) is 34.1 Å². The molecule has 2 heterocycles. The first kappa shape index (κ1) is 40.1. The second-order valence-corrected chi connectivity index (χ2v) is 20.7. The van der Waals surface area contributed by atoms with E-state index in [0.29, 0.717) is 0 Å². The molecule has 74 heavy (non-hydrogen) atoms. The molecule has 15 aromatic rings. The van der Waals surface area contributed by atoms with Crippen LogP contribution in [0.25, 0.3) is 108 Å². The van der Waals surface area contributed by atoms with Gasteiger partial charge in [-0.25, -0.2) is 0 Å². The summed E-state index contributed by atoms with van der Waals surface area (Å²) in [6, 6.07) is 92.3. The standard InChI is InChI=1S/C72H44N2/c1-5-19-63-49(11-1)39-50-12-2-6-20-64(50)73(63)53-31-37-59-61(41-53)71(57-35-29-47-25-23-43-15-9-17-45-27-33-55(57)69(47)67(43)45)60-38-32-54(74-65-21-7-3-13-51(65)40-52-14-4-8-22-66(52)74)42-62(60)72(59)58-36-30-48-26-24-44-16-10-18-46-28-34-56(58)70(48)68(44)46/h1-38,41-42H,39-40H2. The van der Waals surface area contributed by atoms with Gasteiger partial charge in [0, 0.05) is 47.0 Å². The lowest BCUT2D eigenvalue weighted by atomic mass is 9.81. The van der Waals surface area contributed by atoms with Gasteiger partial charge in [0.25, 0.3) is 0 Å². The van der Waals surface area contributed by atoms with Gasteiger partial charge in [-0.05, 0) is 179 Å². The zero-order valence-electron chi connectivity index (χ0n) is 40.4. The van der Waals surface area contributed by atoms with Crippen LogP contribution in [-0.2, 0) is 12.8 Å². The van der Waals surface area contributed by atoms with Crippen molar-refractivity contribution in [1.29, 1.82) is 0 Å². The summed E-state index contributed by atoms with van der Waals surface area (Å²) in [6.07, 6.45) is 1.81. The quantitative estimate of drug-likeness (QED) is 0.128. The molecule has 2 nitrogen and oxygen atoms in total. The molecule has 0 bridgehead atoms. The Morgan fingerprint density at radius 1 is 0.230 bits per heavy atom. The van der Waals surface area contributed by atoms with E-state index in [2.05, 4.69) is 252 Å². The van der Waals surface area contributed by atoms with Crippen LogP contribution in [0.15, 0.2) is 243 Å². The van der Waals surface area contributed by atoms with Crippen molar-refractivity contribution >= 4 is 120 Å². The van der Waals surface area contributed by atoms with Crippen LogP contribution in [0.2, 0.25) is 0 Å². The molecular weight excluding hydrogens is 893 g/mol. The Morgan fingerprint density at radius 3 is 0.919 bits per heavy atom. The van der Waals surface area contributed by atoms with E-state index in [-0.39, 0.29) is 0 Å². The van der Waals surface area contributed by atoms with Gasteiger partial charge in [0.15, 0.2) is 0 Å². The molecule has 0 amide bonds. The third-order valence-electron chi connectivity index (χ3n) is 16.9. The van der Waals surface area contributed by atoms with Crippen molar-refractivity contribution in [2.45, 2.75) is 12.8 Å². The van der Waals surface area contributed by atoms with Crippen molar-refractivity contribution in [1.82, 2.24) is 0 Å². The van der Waals surface area contributed by atoms with Crippen LogP contribution in [0.3, 0.4) is 0 Å². The van der Waals surface area contributed by atoms with Crippen LogP contribution in [0.5, 0.6) is 0 Å². The van der Waals surface area contributed by atoms with Crippen molar-refractivity contribution in [3.63, 3.8) is 0 Å². The zero-order valence-corrected chi connectivity index (χ0v) is 40.4. The summed E-state index contributed by atoms with van der Waals surface area (Å²) in [5.74, 6) is 0. The molecule has 0 unspecified atom stereocenters. The molecule has 2 heteroatoms. The van der Waals surface area contributed by atoms with E-state index in [1.165, 1.54) is 153 Å². The zero-order chi connectivity index (χ0) is 48.2. The van der Waals surface area contributed by atoms with Crippen LogP contribution in [0.1, 0.15) is 22.3 Å². The molecule has 2 aliphatic rings. The SMILES string of the molecule is c1ccc2c(c1)Cc1ccccc1N2c1ccc2c(-c3ccc4ccc5cccc6ccc3c4c56)c3cc(N4c5ccccc5Cc5ccccc54)ccc3c(-c3ccc4ccc5cccc6ccc3c4c56)c2c1. The molecule has 342 valence electrons. The lowest BCUT2D eigenvalue weighted by Crippen LogP contribution is -2.18.